The first-order valence-electron chi connectivity index (χ1n) is 4.11. The van der Waals surface area contributed by atoms with Crippen molar-refractivity contribution in [3.63, 3.8) is 0 Å². The zero-order valence-electron chi connectivity index (χ0n) is 7.58. The summed E-state index contributed by atoms with van der Waals surface area (Å²) in [5.74, 6) is 0. The normalized spacial score (nSPS) is 14.8. The molecule has 0 bridgehead atoms. The van der Waals surface area contributed by atoms with Gasteiger partial charge in [-0.2, -0.15) is 0 Å². The Balaban J connectivity index is 3.79. The Bertz CT molecular complexity index is 185. The van der Waals surface area contributed by atoms with Crippen molar-refractivity contribution in [2.24, 2.45) is 4.99 Å². The quantitative estimate of drug-likeness (QED) is 0.378. The van der Waals surface area contributed by atoms with Gasteiger partial charge >= 0.3 is 0 Å². The number of aliphatic imine (C=N–C) groups is 1. The fourth-order valence-corrected chi connectivity index (χ4v) is 1.83. The maximum atomic E-state index is 11.1. The summed E-state index contributed by atoms with van der Waals surface area (Å²) in [7, 11) is -0.903. The van der Waals surface area contributed by atoms with Gasteiger partial charge in [0, 0.05) is 17.1 Å². The van der Waals surface area contributed by atoms with Gasteiger partial charge in [0.1, 0.15) is 5.37 Å². The Morgan fingerprint density at radius 3 is 2.67 bits per heavy atom. The minimum atomic E-state index is -0.903. The van der Waals surface area contributed by atoms with Gasteiger partial charge in [-0.05, 0) is 18.6 Å². The molecule has 0 aromatic carbocycles. The van der Waals surface area contributed by atoms with Crippen molar-refractivity contribution in [3.8, 4) is 0 Å². The van der Waals surface area contributed by atoms with E-state index in [2.05, 4.69) is 29.3 Å². The minimum Gasteiger partial charge on any atom is -0.258 e. The molecule has 2 nitrogen and oxygen atoms in total. The smallest absolute Gasteiger partial charge is 0.135 e. The third-order valence-corrected chi connectivity index (χ3v) is 2.85. The van der Waals surface area contributed by atoms with Gasteiger partial charge < -0.3 is 0 Å². The third kappa shape index (κ3) is 5.58. The number of nitrogens with zero attached hydrogens (tertiary/aromatic N) is 1. The summed E-state index contributed by atoms with van der Waals surface area (Å²) in [6, 6.07) is 0. The number of unbranched alkanes of at least 4 members (excludes halogenated alkanes) is 2. The van der Waals surface area contributed by atoms with E-state index in [1.165, 1.54) is 12.8 Å². The van der Waals surface area contributed by atoms with Crippen LogP contribution in [-0.2, 0) is 10.8 Å². The van der Waals surface area contributed by atoms with Crippen molar-refractivity contribution in [2.45, 2.75) is 38.0 Å². The molecule has 0 aromatic heterocycles. The topological polar surface area (TPSA) is 29.4 Å². The maximum Gasteiger partial charge on any atom is 0.135 e. The molecule has 0 saturated carbocycles. The van der Waals surface area contributed by atoms with E-state index in [1.807, 2.05) is 0 Å². The molecule has 2 atom stereocenters. The van der Waals surface area contributed by atoms with Gasteiger partial charge in [0.15, 0.2) is 0 Å². The van der Waals surface area contributed by atoms with E-state index in [-0.39, 0.29) is 5.37 Å². The lowest BCUT2D eigenvalue weighted by molar-refractivity contribution is 0.630. The standard InChI is InChI=1S/C8H15NOS2/c1-3-4-5-6-8(9-7-11)12(2)10/h8H,3-6H2,1-2H3. The molecular weight excluding hydrogens is 190 g/mol. The van der Waals surface area contributed by atoms with Crippen LogP contribution in [0.1, 0.15) is 32.6 Å². The Hall–Kier alpha value is -0.0500. The van der Waals surface area contributed by atoms with Crippen molar-refractivity contribution in [3.05, 3.63) is 0 Å². The monoisotopic (exact) mass is 205 g/mol. The van der Waals surface area contributed by atoms with Crippen LogP contribution in [-0.4, -0.2) is 21.0 Å². The molecule has 0 aromatic rings. The highest BCUT2D eigenvalue weighted by Crippen LogP contribution is 2.08. The van der Waals surface area contributed by atoms with Gasteiger partial charge in [-0.3, -0.25) is 4.21 Å². The molecule has 0 fully saturated rings. The lowest BCUT2D eigenvalue weighted by atomic mass is 10.2. The summed E-state index contributed by atoms with van der Waals surface area (Å²) in [5, 5.41) is 2.16. The first-order chi connectivity index (χ1) is 5.72. The molecule has 0 aliphatic carbocycles. The Kier molecular flexibility index (Phi) is 7.56. The molecule has 0 rings (SSSR count). The second-order valence-corrected chi connectivity index (χ2v) is 4.39. The highest BCUT2D eigenvalue weighted by atomic mass is 32.2. The van der Waals surface area contributed by atoms with Crippen molar-refractivity contribution in [1.82, 2.24) is 0 Å². The molecule has 12 heavy (non-hydrogen) atoms. The van der Waals surface area contributed by atoms with Crippen LogP contribution in [0.4, 0.5) is 0 Å². The van der Waals surface area contributed by atoms with E-state index < -0.39 is 10.8 Å². The largest absolute Gasteiger partial charge is 0.258 e. The third-order valence-electron chi connectivity index (χ3n) is 1.63. The molecule has 0 spiro atoms. The van der Waals surface area contributed by atoms with Gasteiger partial charge in [-0.1, -0.05) is 26.2 Å². The van der Waals surface area contributed by atoms with Crippen LogP contribution in [0.15, 0.2) is 4.99 Å². The van der Waals surface area contributed by atoms with Crippen LogP contribution in [0.25, 0.3) is 0 Å². The number of hydrogen-bond acceptors (Lipinski definition) is 3. The molecule has 0 N–H and O–H groups in total. The second kappa shape index (κ2) is 7.59. The van der Waals surface area contributed by atoms with E-state index in [9.17, 15) is 4.21 Å². The summed E-state index contributed by atoms with van der Waals surface area (Å²) in [6.45, 7) is 2.14. The first kappa shape index (κ1) is 11.9. The zero-order chi connectivity index (χ0) is 9.40. The first-order valence-corrected chi connectivity index (χ1v) is 6.14. The van der Waals surface area contributed by atoms with E-state index >= 15 is 0 Å². The van der Waals surface area contributed by atoms with Crippen molar-refractivity contribution in [1.29, 1.82) is 0 Å². The number of hydrogen-bond donors (Lipinski definition) is 0. The zero-order valence-corrected chi connectivity index (χ0v) is 9.21. The summed E-state index contributed by atoms with van der Waals surface area (Å²) in [6.07, 6.45) is 5.93. The SMILES string of the molecule is CCCCCC(N=C=S)S(C)=O. The van der Waals surface area contributed by atoms with Crippen LogP contribution in [0.2, 0.25) is 0 Å². The summed E-state index contributed by atoms with van der Waals surface area (Å²) < 4.78 is 11.1. The highest BCUT2D eigenvalue weighted by molar-refractivity contribution is 7.85. The molecule has 70 valence electrons. The lowest BCUT2D eigenvalue weighted by Gasteiger charge is -2.05. The van der Waals surface area contributed by atoms with E-state index in [0.717, 1.165) is 12.8 Å². The Labute approximate surface area is 81.9 Å². The molecule has 0 amide bonds. The predicted octanol–water partition coefficient (Wildman–Crippen LogP) is 2.37. The van der Waals surface area contributed by atoms with Crippen LogP contribution in [0.3, 0.4) is 0 Å². The summed E-state index contributed by atoms with van der Waals surface area (Å²) >= 11 is 4.48. The average Bonchev–Trinajstić information content (AvgIpc) is 2.03. The Morgan fingerprint density at radius 1 is 1.58 bits per heavy atom. The lowest BCUT2D eigenvalue weighted by Crippen LogP contribution is -2.10. The van der Waals surface area contributed by atoms with Gasteiger partial charge in [0.25, 0.3) is 0 Å². The van der Waals surface area contributed by atoms with E-state index in [4.69, 9.17) is 0 Å². The molecule has 0 radical (unpaired) electrons. The molecule has 0 aliphatic heterocycles. The second-order valence-electron chi connectivity index (χ2n) is 2.67. The van der Waals surface area contributed by atoms with Crippen LogP contribution >= 0.6 is 12.2 Å². The number of rotatable bonds is 6. The Morgan fingerprint density at radius 2 is 2.25 bits per heavy atom. The van der Waals surface area contributed by atoms with Crippen LogP contribution in [0.5, 0.6) is 0 Å². The molecule has 0 saturated heterocycles. The molecule has 2 unspecified atom stereocenters. The molecule has 0 aliphatic rings. The van der Waals surface area contributed by atoms with Crippen molar-refractivity contribution in [2.75, 3.05) is 6.26 Å². The molecule has 0 heterocycles. The van der Waals surface area contributed by atoms with Crippen LogP contribution < -0.4 is 0 Å². The van der Waals surface area contributed by atoms with E-state index in [0.29, 0.717) is 0 Å². The highest BCUT2D eigenvalue weighted by Gasteiger charge is 2.09. The van der Waals surface area contributed by atoms with Crippen molar-refractivity contribution < 1.29 is 4.21 Å². The van der Waals surface area contributed by atoms with Crippen molar-refractivity contribution >= 4 is 28.2 Å². The molecule has 4 heteroatoms. The van der Waals surface area contributed by atoms with Gasteiger partial charge in [-0.15, -0.1) is 0 Å². The minimum absolute atomic E-state index is 0.131. The number of thiocarbonyl (C=S) groups is 1. The van der Waals surface area contributed by atoms with Gasteiger partial charge in [0.2, 0.25) is 0 Å². The number of isothiocyanates is 1. The predicted molar refractivity (Wildman–Crippen MR) is 57.0 cm³/mol. The molecular formula is C8H15NOS2. The average molecular weight is 205 g/mol. The van der Waals surface area contributed by atoms with E-state index in [1.54, 1.807) is 6.26 Å². The maximum absolute atomic E-state index is 11.1. The fourth-order valence-electron chi connectivity index (χ4n) is 0.932. The van der Waals surface area contributed by atoms with Crippen LogP contribution in [0, 0.1) is 0 Å². The fraction of sp³-hybridized carbons (Fsp3) is 0.875. The van der Waals surface area contributed by atoms with Gasteiger partial charge in [-0.25, -0.2) is 4.99 Å². The summed E-state index contributed by atoms with van der Waals surface area (Å²) in [5.41, 5.74) is 0. The summed E-state index contributed by atoms with van der Waals surface area (Å²) in [4.78, 5) is 3.86. The van der Waals surface area contributed by atoms with Gasteiger partial charge in [0.05, 0.1) is 5.16 Å².